The third-order valence-electron chi connectivity index (χ3n) is 5.20. The third kappa shape index (κ3) is 4.00. The summed E-state index contributed by atoms with van der Waals surface area (Å²) in [4.78, 5) is 0. The molecule has 3 nitrogen and oxygen atoms in total. The predicted molar refractivity (Wildman–Crippen MR) is 116 cm³/mol. The van der Waals surface area contributed by atoms with Crippen LogP contribution in [0.2, 0.25) is 0 Å². The number of benzene rings is 3. The summed E-state index contributed by atoms with van der Waals surface area (Å²) in [7, 11) is -3.01. The van der Waals surface area contributed by atoms with Crippen LogP contribution in [0.5, 0.6) is 11.5 Å². The molecule has 0 amide bonds. The van der Waals surface area contributed by atoms with Crippen molar-refractivity contribution < 1.29 is 14.2 Å². The van der Waals surface area contributed by atoms with Gasteiger partial charge in [-0.25, -0.2) is 0 Å². The third-order valence-corrected chi connectivity index (χ3v) is 8.06. The molecule has 0 fully saturated rings. The quantitative estimate of drug-likeness (QED) is 0.513. The maximum Gasteiger partial charge on any atom is 0.279 e. The minimum Gasteiger partial charge on any atom is -0.508 e. The number of phenols is 1. The van der Waals surface area contributed by atoms with Gasteiger partial charge in [0, 0.05) is 16.4 Å². The Balaban J connectivity index is 1.88. The van der Waals surface area contributed by atoms with Gasteiger partial charge in [-0.15, -0.1) is 0 Å². The molecule has 1 atom stereocenters. The molecule has 0 bridgehead atoms. The van der Waals surface area contributed by atoms with Gasteiger partial charge in [0.05, 0.1) is 0 Å². The lowest BCUT2D eigenvalue weighted by molar-refractivity contribution is 0.474. The van der Waals surface area contributed by atoms with Crippen LogP contribution in [0.3, 0.4) is 0 Å². The lowest BCUT2D eigenvalue weighted by Crippen LogP contribution is -2.19. The van der Waals surface area contributed by atoms with Gasteiger partial charge in [0.15, 0.2) is 0 Å². The van der Waals surface area contributed by atoms with Crippen molar-refractivity contribution in [1.82, 2.24) is 0 Å². The molecule has 28 heavy (non-hydrogen) atoms. The van der Waals surface area contributed by atoms with E-state index in [9.17, 15) is 9.67 Å². The van der Waals surface area contributed by atoms with Gasteiger partial charge in [0.2, 0.25) is 0 Å². The maximum atomic E-state index is 13.6. The summed E-state index contributed by atoms with van der Waals surface area (Å²) < 4.78 is 19.6. The first-order valence-electron chi connectivity index (χ1n) is 9.48. The molecular weight excluding hydrogens is 367 g/mol. The van der Waals surface area contributed by atoms with Crippen molar-refractivity contribution in [3.05, 3.63) is 90.0 Å². The van der Waals surface area contributed by atoms with Gasteiger partial charge < -0.3 is 9.63 Å². The van der Waals surface area contributed by atoms with Crippen LogP contribution in [0.15, 0.2) is 78.9 Å². The van der Waals surface area contributed by atoms with Crippen molar-refractivity contribution in [2.45, 2.75) is 38.8 Å². The molecule has 146 valence electrons. The maximum absolute atomic E-state index is 13.6. The monoisotopic (exact) mass is 394 g/mol. The van der Waals surface area contributed by atoms with Gasteiger partial charge >= 0.3 is 0 Å². The van der Waals surface area contributed by atoms with E-state index >= 15 is 0 Å². The van der Waals surface area contributed by atoms with Crippen LogP contribution >= 0.6 is 7.37 Å². The van der Waals surface area contributed by atoms with E-state index in [1.165, 1.54) is 0 Å². The first-order chi connectivity index (χ1) is 13.2. The van der Waals surface area contributed by atoms with Gasteiger partial charge in [-0.2, -0.15) is 0 Å². The highest BCUT2D eigenvalue weighted by Crippen LogP contribution is 2.50. The lowest BCUT2D eigenvalue weighted by atomic mass is 9.78. The molecule has 3 rings (SSSR count). The van der Waals surface area contributed by atoms with Crippen LogP contribution in [-0.4, -0.2) is 10.8 Å². The summed E-state index contributed by atoms with van der Waals surface area (Å²) >= 11 is 0. The summed E-state index contributed by atoms with van der Waals surface area (Å²) in [5, 5.41) is 10.3. The molecule has 0 spiro atoms. The zero-order valence-electron chi connectivity index (χ0n) is 16.8. The topological polar surface area (TPSA) is 46.5 Å². The Morgan fingerprint density at radius 2 is 1.32 bits per heavy atom. The molecule has 3 aromatic carbocycles. The Morgan fingerprint density at radius 1 is 0.821 bits per heavy atom. The van der Waals surface area contributed by atoms with Gasteiger partial charge in [0.1, 0.15) is 11.5 Å². The molecule has 0 saturated heterocycles. The summed E-state index contributed by atoms with van der Waals surface area (Å²) in [6, 6.07) is 24.5. The van der Waals surface area contributed by atoms with E-state index < -0.39 is 7.37 Å². The Morgan fingerprint density at radius 3 is 1.82 bits per heavy atom. The highest BCUT2D eigenvalue weighted by atomic mass is 31.2. The zero-order chi connectivity index (χ0) is 20.4. The second-order valence-corrected chi connectivity index (χ2v) is 10.7. The van der Waals surface area contributed by atoms with Crippen molar-refractivity contribution in [1.29, 1.82) is 0 Å². The summed E-state index contributed by atoms with van der Waals surface area (Å²) in [5.74, 6) is 0.861. The minimum atomic E-state index is -3.01. The number of rotatable bonds is 6. The molecule has 0 radical (unpaired) electrons. The Hall–Kier alpha value is -2.51. The zero-order valence-corrected chi connectivity index (χ0v) is 17.7. The normalized spacial score (nSPS) is 13.9. The smallest absolute Gasteiger partial charge is 0.279 e. The van der Waals surface area contributed by atoms with Crippen molar-refractivity contribution in [3.63, 3.8) is 0 Å². The fourth-order valence-corrected chi connectivity index (χ4v) is 5.16. The first kappa shape index (κ1) is 20.2. The van der Waals surface area contributed by atoms with E-state index in [1.807, 2.05) is 80.6 Å². The summed E-state index contributed by atoms with van der Waals surface area (Å²) in [6.45, 7) is 8.13. The SMILES string of the molecule is CC(C)P(=O)(Oc1ccc(C(C)(C)c2ccc(O)cc2)cc1)c1ccccc1. The van der Waals surface area contributed by atoms with E-state index in [0.29, 0.717) is 5.75 Å². The number of phenolic OH excluding ortho intramolecular Hbond substituents is 1. The summed E-state index contributed by atoms with van der Waals surface area (Å²) in [6.07, 6.45) is 0. The molecule has 0 aliphatic heterocycles. The van der Waals surface area contributed by atoms with Crippen LogP contribution in [0, 0.1) is 0 Å². The molecule has 0 aliphatic carbocycles. The molecule has 3 aromatic rings. The second kappa shape index (κ2) is 7.85. The molecule has 0 aliphatic rings. The number of aromatic hydroxyl groups is 1. The van der Waals surface area contributed by atoms with Crippen molar-refractivity contribution in [2.75, 3.05) is 0 Å². The Bertz CT molecular complexity index is 959. The van der Waals surface area contributed by atoms with Gasteiger partial charge in [-0.1, -0.05) is 70.2 Å². The molecule has 0 aromatic heterocycles. The Kier molecular flexibility index (Phi) is 5.67. The molecule has 1 unspecified atom stereocenters. The molecule has 0 saturated carbocycles. The highest BCUT2D eigenvalue weighted by molar-refractivity contribution is 7.68. The largest absolute Gasteiger partial charge is 0.508 e. The van der Waals surface area contributed by atoms with E-state index in [-0.39, 0.29) is 16.8 Å². The highest BCUT2D eigenvalue weighted by Gasteiger charge is 2.32. The standard InChI is InChI=1S/C24H27O3P/c1-18(2)28(26,23-8-6-5-7-9-23)27-22-16-12-20(13-17-22)24(3,4)19-10-14-21(25)15-11-19/h5-18,25H,1-4H3. The lowest BCUT2D eigenvalue weighted by Gasteiger charge is -2.27. The minimum absolute atomic E-state index is 0.122. The predicted octanol–water partition coefficient (Wildman–Crippen LogP) is 6.11. The molecule has 1 N–H and O–H groups in total. The van der Waals surface area contributed by atoms with E-state index in [4.69, 9.17) is 4.52 Å². The molecule has 0 heterocycles. The van der Waals surface area contributed by atoms with Crippen molar-refractivity contribution >= 4 is 12.7 Å². The van der Waals surface area contributed by atoms with Gasteiger partial charge in [-0.3, -0.25) is 4.57 Å². The first-order valence-corrected chi connectivity index (χ1v) is 11.2. The van der Waals surface area contributed by atoms with Crippen molar-refractivity contribution in [3.8, 4) is 11.5 Å². The number of hydrogen-bond acceptors (Lipinski definition) is 3. The van der Waals surface area contributed by atoms with E-state index in [0.717, 1.165) is 16.4 Å². The van der Waals surface area contributed by atoms with Gasteiger partial charge in [-0.05, 0) is 47.5 Å². The van der Waals surface area contributed by atoms with Crippen LogP contribution < -0.4 is 9.83 Å². The van der Waals surface area contributed by atoms with Crippen molar-refractivity contribution in [2.24, 2.45) is 0 Å². The van der Waals surface area contributed by atoms with Gasteiger partial charge in [0.25, 0.3) is 7.37 Å². The van der Waals surface area contributed by atoms with Crippen LogP contribution in [0.4, 0.5) is 0 Å². The average Bonchev–Trinajstić information content (AvgIpc) is 2.69. The fourth-order valence-electron chi connectivity index (χ4n) is 3.23. The average molecular weight is 394 g/mol. The fraction of sp³-hybridized carbons (Fsp3) is 0.250. The van der Waals surface area contributed by atoms with E-state index in [1.54, 1.807) is 12.1 Å². The molecule has 4 heteroatoms. The van der Waals surface area contributed by atoms with E-state index in [2.05, 4.69) is 13.8 Å². The van der Waals surface area contributed by atoms with Crippen LogP contribution in [0.25, 0.3) is 0 Å². The van der Waals surface area contributed by atoms with Crippen LogP contribution in [0.1, 0.15) is 38.8 Å². The van der Waals surface area contributed by atoms with Crippen LogP contribution in [-0.2, 0) is 9.98 Å². The second-order valence-electron chi connectivity index (χ2n) is 7.81. The Labute approximate surface area is 167 Å². The summed E-state index contributed by atoms with van der Waals surface area (Å²) in [5.41, 5.74) is 1.87. The molecular formula is C24H27O3P. The number of hydrogen-bond donors (Lipinski definition) is 1.